The molecule has 3 aliphatic rings. The van der Waals surface area contributed by atoms with Gasteiger partial charge in [-0.05, 0) is 49.3 Å². The van der Waals surface area contributed by atoms with Crippen LogP contribution in [-0.2, 0) is 38.4 Å². The minimum atomic E-state index is -2.41. The maximum absolute atomic E-state index is 14.4. The lowest BCUT2D eigenvalue weighted by atomic mass is 9.91. The number of hydrogen-bond donors (Lipinski definition) is 16. The average molecular weight is 1080 g/mol. The molecule has 1 aromatic rings. The Morgan fingerprint density at radius 1 is 0.697 bits per heavy atom. The van der Waals surface area contributed by atoms with Crippen LogP contribution in [0.15, 0.2) is 24.3 Å². The van der Waals surface area contributed by atoms with Crippen LogP contribution >= 0.6 is 0 Å². The van der Waals surface area contributed by atoms with E-state index in [0.717, 1.165) is 74.6 Å². The largest absolute Gasteiger partial charge is 0.508 e. The lowest BCUT2D eigenvalue weighted by Gasteiger charge is -2.34. The molecule has 0 saturated carbocycles. The Kier molecular flexibility index (Phi) is 24.2. The molecule has 17 atom stereocenters. The minimum absolute atomic E-state index is 0.105. The standard InChI is InChI=1S/C50H80N8O18/c1-5-24(2)18-25(3)12-10-8-6-7-9-11-13-36(66)52-30-20-33(63)46(72)56-48(74)40-42(68)34(64)23-58(40)50(76)38(32(62)21-35(51)65)54-47(73)39(43(69)41(67)27-14-16-28(60)17-15-27)55-45(71)31-19-29(61)22-57(31)49(75)37(26(4)59)53-44(30)70/h14-17,24-26,29-34,37-43,46,59-64,67-69,72H,5-13,18-23H2,1-4H3,(H2,51,65)(H,52,66)(H,53,70)(H,54,73)(H,55,71)(H,56,74)/t24-,25+,26-,29-,30-,31+,32-,33-,34+,37+,38+,39+,40+,41+,42+,43+,46-/m1/s1. The summed E-state index contributed by atoms with van der Waals surface area (Å²) in [5, 5.41) is 121. The Morgan fingerprint density at radius 2 is 1.29 bits per heavy atom. The number of nitrogens with two attached hydrogens (primary N) is 1. The van der Waals surface area contributed by atoms with Gasteiger partial charge in [-0.3, -0.25) is 38.4 Å². The second-order valence-corrected chi connectivity index (χ2v) is 20.7. The first-order valence-corrected chi connectivity index (χ1v) is 26.1. The first kappa shape index (κ1) is 63.0. The Hall–Kier alpha value is -5.58. The second kappa shape index (κ2) is 29.2. The number of benzene rings is 1. The van der Waals surface area contributed by atoms with Crippen LogP contribution in [-0.4, -0.2) is 206 Å². The van der Waals surface area contributed by atoms with Gasteiger partial charge < -0.3 is 93.2 Å². The summed E-state index contributed by atoms with van der Waals surface area (Å²) in [4.78, 5) is 112. The van der Waals surface area contributed by atoms with Crippen molar-refractivity contribution in [1.29, 1.82) is 0 Å². The van der Waals surface area contributed by atoms with E-state index in [4.69, 9.17) is 5.73 Å². The van der Waals surface area contributed by atoms with Crippen molar-refractivity contribution in [1.82, 2.24) is 36.4 Å². The number of aliphatic hydroxyl groups excluding tert-OH is 9. The summed E-state index contributed by atoms with van der Waals surface area (Å²) in [6.45, 7) is 6.24. The van der Waals surface area contributed by atoms with E-state index in [1.54, 1.807) is 0 Å². The molecule has 0 aliphatic carbocycles. The maximum atomic E-state index is 14.4. The predicted molar refractivity (Wildman–Crippen MR) is 267 cm³/mol. The molecular formula is C50H80N8O18. The van der Waals surface area contributed by atoms with Gasteiger partial charge in [-0.25, -0.2) is 0 Å². The number of amides is 8. The van der Waals surface area contributed by atoms with Crippen LogP contribution < -0.4 is 32.3 Å². The topological polar surface area (TPSA) is 432 Å². The van der Waals surface area contributed by atoms with Gasteiger partial charge in [0.05, 0.1) is 37.4 Å². The Balaban J connectivity index is 1.71. The van der Waals surface area contributed by atoms with Gasteiger partial charge >= 0.3 is 0 Å². The summed E-state index contributed by atoms with van der Waals surface area (Å²) < 4.78 is 0. The molecule has 0 unspecified atom stereocenters. The molecule has 3 saturated heterocycles. The van der Waals surface area contributed by atoms with Crippen LogP contribution in [0.4, 0.5) is 0 Å². The molecule has 26 heteroatoms. The fourth-order valence-corrected chi connectivity index (χ4v) is 9.80. The normalized spacial score (nSPS) is 29.8. The fourth-order valence-electron chi connectivity index (χ4n) is 9.80. The molecule has 3 fully saturated rings. The number of carbonyl (C=O) groups excluding carboxylic acids is 8. The van der Waals surface area contributed by atoms with Gasteiger partial charge in [0.15, 0.2) is 6.23 Å². The smallest absolute Gasteiger partial charge is 0.248 e. The lowest BCUT2D eigenvalue weighted by molar-refractivity contribution is -0.149. The highest BCUT2D eigenvalue weighted by Crippen LogP contribution is 2.27. The SMILES string of the molecule is CC[C@@H](C)C[C@@H](C)CCCCCCCCC(=O)N[C@@H]1C[C@@H](O)[C@@H](O)NC(=O)[C@@H]2[C@@H](O)[C@@H](O)CN2C(=O)[C@H]([C@H](O)CC(N)=O)NC(=O)[C@H]([C@H](O)[C@@H](O)c2ccc(O)cc2)NC(=O)[C@@H]2C[C@@H](O)CN2C(=O)[C@H]([C@@H](C)O)NC1=O. The van der Waals surface area contributed by atoms with E-state index in [-0.39, 0.29) is 17.7 Å². The molecule has 26 nitrogen and oxygen atoms in total. The van der Waals surface area contributed by atoms with Crippen molar-refractivity contribution in [2.75, 3.05) is 13.1 Å². The molecule has 1 aromatic carbocycles. The number of hydrogen-bond acceptors (Lipinski definition) is 18. The quantitative estimate of drug-likeness (QED) is 0.0549. The van der Waals surface area contributed by atoms with E-state index in [0.29, 0.717) is 29.6 Å². The molecule has 17 N–H and O–H groups in total. The molecule has 428 valence electrons. The Morgan fingerprint density at radius 3 is 1.91 bits per heavy atom. The highest BCUT2D eigenvalue weighted by atomic mass is 16.4. The van der Waals surface area contributed by atoms with E-state index < -0.39 is 171 Å². The Bertz CT molecular complexity index is 2140. The first-order valence-electron chi connectivity index (χ1n) is 26.1. The van der Waals surface area contributed by atoms with Gasteiger partial charge in [-0.15, -0.1) is 0 Å². The van der Waals surface area contributed by atoms with Gasteiger partial charge in [0, 0.05) is 25.8 Å². The number of phenolic OH excluding ortho intramolecular Hbond substituents is 1. The van der Waals surface area contributed by atoms with E-state index >= 15 is 0 Å². The molecule has 0 aromatic heterocycles. The van der Waals surface area contributed by atoms with Crippen LogP contribution in [0.25, 0.3) is 0 Å². The number of unbranched alkanes of at least 4 members (excludes halogenated alkanes) is 5. The third-order valence-electron chi connectivity index (χ3n) is 14.4. The van der Waals surface area contributed by atoms with Crippen LogP contribution in [0.1, 0.15) is 123 Å². The average Bonchev–Trinajstić information content (AvgIpc) is 3.90. The Labute approximate surface area is 440 Å². The van der Waals surface area contributed by atoms with Crippen molar-refractivity contribution in [3.8, 4) is 5.75 Å². The molecule has 0 radical (unpaired) electrons. The van der Waals surface area contributed by atoms with Gasteiger partial charge in [0.1, 0.15) is 66.4 Å². The van der Waals surface area contributed by atoms with Crippen molar-refractivity contribution in [3.05, 3.63) is 29.8 Å². The lowest BCUT2D eigenvalue weighted by Crippen LogP contribution is -2.64. The number of fused-ring (bicyclic) bond motifs is 2. The number of aliphatic hydroxyl groups is 9. The number of carbonyl (C=O) groups is 8. The van der Waals surface area contributed by atoms with Gasteiger partial charge in [0.25, 0.3) is 0 Å². The van der Waals surface area contributed by atoms with Crippen molar-refractivity contribution in [3.63, 3.8) is 0 Å². The van der Waals surface area contributed by atoms with E-state index in [1.807, 2.05) is 5.32 Å². The van der Waals surface area contributed by atoms with Crippen LogP contribution in [0.3, 0.4) is 0 Å². The number of rotatable bonds is 20. The van der Waals surface area contributed by atoms with Crippen molar-refractivity contribution >= 4 is 47.3 Å². The maximum Gasteiger partial charge on any atom is 0.248 e. The predicted octanol–water partition coefficient (Wildman–Crippen LogP) is -4.37. The molecule has 0 spiro atoms. The second-order valence-electron chi connectivity index (χ2n) is 20.7. The number of phenols is 1. The third kappa shape index (κ3) is 17.5. The summed E-state index contributed by atoms with van der Waals surface area (Å²) in [7, 11) is 0. The zero-order chi connectivity index (χ0) is 56.7. The molecule has 76 heavy (non-hydrogen) atoms. The third-order valence-corrected chi connectivity index (χ3v) is 14.4. The number of primary amides is 1. The number of aromatic hydroxyl groups is 1. The summed E-state index contributed by atoms with van der Waals surface area (Å²) in [6.07, 6.45) is -12.9. The minimum Gasteiger partial charge on any atom is -0.508 e. The summed E-state index contributed by atoms with van der Waals surface area (Å²) in [5.74, 6) is -9.18. The molecular weight excluding hydrogens is 1000 g/mol. The molecule has 0 bridgehead atoms. The number of nitrogens with one attached hydrogen (secondary N) is 5. The highest BCUT2D eigenvalue weighted by Gasteiger charge is 2.51. The molecule has 3 aliphatic heterocycles. The van der Waals surface area contributed by atoms with E-state index in [1.165, 1.54) is 6.42 Å². The van der Waals surface area contributed by atoms with Gasteiger partial charge in [-0.2, -0.15) is 0 Å². The van der Waals surface area contributed by atoms with Crippen molar-refractivity contribution < 1.29 is 89.4 Å². The van der Waals surface area contributed by atoms with Crippen molar-refractivity contribution in [2.45, 2.75) is 202 Å². The summed E-state index contributed by atoms with van der Waals surface area (Å²) >= 11 is 0. The van der Waals surface area contributed by atoms with E-state index in [2.05, 4.69) is 42.0 Å². The molecule has 4 rings (SSSR count). The van der Waals surface area contributed by atoms with Crippen LogP contribution in [0.2, 0.25) is 0 Å². The first-order chi connectivity index (χ1) is 35.7. The fraction of sp³-hybridized carbons (Fsp3) is 0.720. The number of nitrogens with zero attached hydrogens (tertiary/aromatic N) is 2. The zero-order valence-electron chi connectivity index (χ0n) is 43.4. The van der Waals surface area contributed by atoms with Crippen LogP contribution in [0.5, 0.6) is 5.75 Å². The zero-order valence-corrected chi connectivity index (χ0v) is 43.4. The van der Waals surface area contributed by atoms with Gasteiger partial charge in [-0.1, -0.05) is 77.8 Å². The summed E-state index contributed by atoms with van der Waals surface area (Å²) in [6, 6.07) is -8.01. The van der Waals surface area contributed by atoms with Crippen molar-refractivity contribution in [2.24, 2.45) is 17.6 Å². The van der Waals surface area contributed by atoms with Gasteiger partial charge in [0.2, 0.25) is 47.3 Å². The molecule has 8 amide bonds. The summed E-state index contributed by atoms with van der Waals surface area (Å²) in [5.41, 5.74) is 5.16. The van der Waals surface area contributed by atoms with Crippen LogP contribution in [0, 0.1) is 11.8 Å². The monoisotopic (exact) mass is 1080 g/mol. The highest BCUT2D eigenvalue weighted by molar-refractivity contribution is 5.98. The molecule has 3 heterocycles. The van der Waals surface area contributed by atoms with E-state index in [9.17, 15) is 89.4 Å².